The van der Waals surface area contributed by atoms with Crippen molar-refractivity contribution < 1.29 is 9.18 Å². The monoisotopic (exact) mass is 337 g/mol. The van der Waals surface area contributed by atoms with Crippen molar-refractivity contribution in [3.8, 4) is 0 Å². The summed E-state index contributed by atoms with van der Waals surface area (Å²) in [5, 5.41) is 0.344. The highest BCUT2D eigenvalue weighted by Gasteiger charge is 2.14. The first-order valence-electron chi connectivity index (χ1n) is 6.86. The Balaban J connectivity index is 1.85. The maximum absolute atomic E-state index is 13.7. The first kappa shape index (κ1) is 16.8. The molecule has 2 aromatic rings. The topological polar surface area (TPSA) is 20.3 Å². The van der Waals surface area contributed by atoms with Gasteiger partial charge in [-0.05, 0) is 17.7 Å². The Morgan fingerprint density at radius 3 is 2.59 bits per heavy atom. The van der Waals surface area contributed by atoms with Crippen LogP contribution in [0.25, 0.3) is 0 Å². The lowest BCUT2D eigenvalue weighted by atomic mass is 10.2. The minimum Gasteiger partial charge on any atom is -0.341 e. The van der Waals surface area contributed by atoms with Crippen LogP contribution in [0.2, 0.25) is 5.02 Å². The van der Waals surface area contributed by atoms with Crippen LogP contribution in [0.3, 0.4) is 0 Å². The summed E-state index contributed by atoms with van der Waals surface area (Å²) in [7, 11) is 1.66. The summed E-state index contributed by atoms with van der Waals surface area (Å²) in [6, 6.07) is 14.5. The van der Waals surface area contributed by atoms with Crippen molar-refractivity contribution in [2.75, 3.05) is 12.8 Å². The van der Waals surface area contributed by atoms with Crippen LogP contribution >= 0.6 is 23.4 Å². The van der Waals surface area contributed by atoms with E-state index in [9.17, 15) is 9.18 Å². The van der Waals surface area contributed by atoms with Gasteiger partial charge in [0.25, 0.3) is 0 Å². The van der Waals surface area contributed by atoms with Gasteiger partial charge in [-0.3, -0.25) is 4.79 Å². The van der Waals surface area contributed by atoms with E-state index in [4.69, 9.17) is 11.6 Å². The molecule has 0 aliphatic heterocycles. The first-order chi connectivity index (χ1) is 10.6. The highest BCUT2D eigenvalue weighted by Crippen LogP contribution is 2.21. The third kappa shape index (κ3) is 4.75. The largest absolute Gasteiger partial charge is 0.341 e. The van der Waals surface area contributed by atoms with E-state index in [1.165, 1.54) is 16.5 Å². The average Bonchev–Trinajstić information content (AvgIpc) is 2.52. The predicted octanol–water partition coefficient (Wildman–Crippen LogP) is 4.37. The molecule has 0 aliphatic carbocycles. The highest BCUT2D eigenvalue weighted by molar-refractivity contribution is 7.99. The lowest BCUT2D eigenvalue weighted by molar-refractivity contribution is -0.127. The number of amides is 1. The van der Waals surface area contributed by atoms with Gasteiger partial charge in [0, 0.05) is 29.9 Å². The van der Waals surface area contributed by atoms with Gasteiger partial charge < -0.3 is 4.90 Å². The average molecular weight is 338 g/mol. The molecule has 0 N–H and O–H groups in total. The smallest absolute Gasteiger partial charge is 0.232 e. The molecule has 0 bridgehead atoms. The normalized spacial score (nSPS) is 10.5. The SMILES string of the molecule is CN(Cc1c(F)cccc1Cl)C(=O)CSCc1ccccc1. The van der Waals surface area contributed by atoms with E-state index >= 15 is 0 Å². The van der Waals surface area contributed by atoms with Crippen LogP contribution in [0.4, 0.5) is 4.39 Å². The van der Waals surface area contributed by atoms with E-state index in [2.05, 4.69) is 0 Å². The number of nitrogens with zero attached hydrogens (tertiary/aromatic N) is 1. The number of halogens is 2. The van der Waals surface area contributed by atoms with Crippen LogP contribution in [0.1, 0.15) is 11.1 Å². The molecule has 0 aromatic heterocycles. The molecular formula is C17H17ClFNOS. The number of benzene rings is 2. The second-order valence-corrected chi connectivity index (χ2v) is 6.32. The predicted molar refractivity (Wildman–Crippen MR) is 90.5 cm³/mol. The molecule has 2 rings (SSSR count). The molecule has 0 spiro atoms. The first-order valence-corrected chi connectivity index (χ1v) is 8.39. The van der Waals surface area contributed by atoms with Gasteiger partial charge in [-0.2, -0.15) is 0 Å². The summed E-state index contributed by atoms with van der Waals surface area (Å²) >= 11 is 7.52. The molecular weight excluding hydrogens is 321 g/mol. The molecule has 0 fully saturated rings. The van der Waals surface area contributed by atoms with Crippen molar-refractivity contribution in [1.82, 2.24) is 4.90 Å². The molecule has 2 aromatic carbocycles. The number of rotatable bonds is 6. The summed E-state index contributed by atoms with van der Waals surface area (Å²) in [4.78, 5) is 13.6. The Hall–Kier alpha value is -1.52. The second kappa shape index (κ2) is 8.20. The molecule has 0 radical (unpaired) electrons. The van der Waals surface area contributed by atoms with Crippen LogP contribution < -0.4 is 0 Å². The third-order valence-corrected chi connectivity index (χ3v) is 4.56. The molecule has 0 atom stereocenters. The van der Waals surface area contributed by atoms with Gasteiger partial charge in [0.15, 0.2) is 0 Å². The van der Waals surface area contributed by atoms with Crippen molar-refractivity contribution in [3.63, 3.8) is 0 Å². The van der Waals surface area contributed by atoms with E-state index in [1.54, 1.807) is 30.9 Å². The summed E-state index contributed by atoms with van der Waals surface area (Å²) in [5.74, 6) is 0.711. The Labute approximate surface area is 139 Å². The number of hydrogen-bond donors (Lipinski definition) is 0. The van der Waals surface area contributed by atoms with Crippen molar-refractivity contribution in [1.29, 1.82) is 0 Å². The fourth-order valence-corrected chi connectivity index (χ4v) is 3.10. The number of carbonyl (C=O) groups excluding carboxylic acids is 1. The Morgan fingerprint density at radius 1 is 1.18 bits per heavy atom. The van der Waals surface area contributed by atoms with Gasteiger partial charge in [-0.15, -0.1) is 11.8 Å². The molecule has 0 unspecified atom stereocenters. The third-order valence-electron chi connectivity index (χ3n) is 3.22. The van der Waals surface area contributed by atoms with E-state index in [0.717, 1.165) is 5.75 Å². The Bertz CT molecular complexity index is 616. The molecule has 0 saturated heterocycles. The molecule has 2 nitrogen and oxygen atoms in total. The summed E-state index contributed by atoms with van der Waals surface area (Å²) in [6.45, 7) is 0.177. The zero-order valence-electron chi connectivity index (χ0n) is 12.3. The summed E-state index contributed by atoms with van der Waals surface area (Å²) in [6.07, 6.45) is 0. The molecule has 22 heavy (non-hydrogen) atoms. The van der Waals surface area contributed by atoms with Crippen molar-refractivity contribution in [2.45, 2.75) is 12.3 Å². The van der Waals surface area contributed by atoms with Gasteiger partial charge in [0.05, 0.1) is 5.75 Å². The fourth-order valence-electron chi connectivity index (χ4n) is 1.95. The van der Waals surface area contributed by atoms with Crippen LogP contribution in [-0.2, 0) is 17.1 Å². The van der Waals surface area contributed by atoms with Crippen LogP contribution in [0.5, 0.6) is 0 Å². The maximum Gasteiger partial charge on any atom is 0.232 e. The lowest BCUT2D eigenvalue weighted by Crippen LogP contribution is -2.28. The Kier molecular flexibility index (Phi) is 6.28. The lowest BCUT2D eigenvalue weighted by Gasteiger charge is -2.18. The minimum absolute atomic E-state index is 0.0414. The zero-order chi connectivity index (χ0) is 15.9. The Morgan fingerprint density at radius 2 is 1.91 bits per heavy atom. The molecule has 0 aliphatic rings. The van der Waals surface area contributed by atoms with E-state index < -0.39 is 0 Å². The molecule has 0 saturated carbocycles. The minimum atomic E-state index is -0.385. The van der Waals surface area contributed by atoms with E-state index in [0.29, 0.717) is 16.3 Å². The second-order valence-electron chi connectivity index (χ2n) is 4.93. The number of thioether (sulfide) groups is 1. The van der Waals surface area contributed by atoms with Crippen LogP contribution in [-0.4, -0.2) is 23.6 Å². The van der Waals surface area contributed by atoms with Crippen molar-refractivity contribution in [2.24, 2.45) is 0 Å². The standard InChI is InChI=1S/C17H17ClFNOS/c1-20(10-14-15(18)8-5-9-16(14)19)17(21)12-22-11-13-6-3-2-4-7-13/h2-9H,10-12H2,1H3. The van der Waals surface area contributed by atoms with Gasteiger partial charge in [-0.1, -0.05) is 48.0 Å². The summed E-state index contributed by atoms with van der Waals surface area (Å²) in [5.41, 5.74) is 1.54. The zero-order valence-corrected chi connectivity index (χ0v) is 13.8. The number of hydrogen-bond acceptors (Lipinski definition) is 2. The van der Waals surface area contributed by atoms with Crippen molar-refractivity contribution in [3.05, 3.63) is 70.5 Å². The van der Waals surface area contributed by atoms with Gasteiger partial charge in [-0.25, -0.2) is 4.39 Å². The van der Waals surface area contributed by atoms with Gasteiger partial charge in [0.2, 0.25) is 5.91 Å². The number of carbonyl (C=O) groups is 1. The van der Waals surface area contributed by atoms with Crippen LogP contribution in [0, 0.1) is 5.82 Å². The van der Waals surface area contributed by atoms with Gasteiger partial charge in [0.1, 0.15) is 5.82 Å². The fraction of sp³-hybridized carbons (Fsp3) is 0.235. The van der Waals surface area contributed by atoms with Crippen LogP contribution in [0.15, 0.2) is 48.5 Å². The van der Waals surface area contributed by atoms with Gasteiger partial charge >= 0.3 is 0 Å². The molecule has 1 amide bonds. The highest BCUT2D eigenvalue weighted by atomic mass is 35.5. The summed E-state index contributed by atoms with van der Waals surface area (Å²) < 4.78 is 13.7. The molecule has 5 heteroatoms. The van der Waals surface area contributed by atoms with Crippen molar-refractivity contribution >= 4 is 29.3 Å². The molecule has 116 valence electrons. The van der Waals surface area contributed by atoms with E-state index in [1.807, 2.05) is 30.3 Å². The molecule has 0 heterocycles. The maximum atomic E-state index is 13.7. The van der Waals surface area contributed by atoms with E-state index in [-0.39, 0.29) is 18.3 Å². The quantitative estimate of drug-likeness (QED) is 0.780.